The van der Waals surface area contributed by atoms with Crippen LogP contribution in [-0.4, -0.2) is 26.2 Å². The van der Waals surface area contributed by atoms with Gasteiger partial charge in [0.2, 0.25) is 0 Å². The van der Waals surface area contributed by atoms with Crippen molar-refractivity contribution in [2.75, 3.05) is 14.2 Å². The predicted octanol–water partition coefficient (Wildman–Crippen LogP) is 2.95. The molecular formula is C16H26O4. The maximum absolute atomic E-state index is 11.7. The van der Waals surface area contributed by atoms with Gasteiger partial charge >= 0.3 is 11.9 Å². The molecule has 0 aliphatic heterocycles. The van der Waals surface area contributed by atoms with Crippen molar-refractivity contribution in [3.63, 3.8) is 0 Å². The zero-order chi connectivity index (χ0) is 14.5. The largest absolute Gasteiger partial charge is 0.469 e. The van der Waals surface area contributed by atoms with Crippen LogP contribution in [0, 0.1) is 23.7 Å². The van der Waals surface area contributed by atoms with Crippen LogP contribution in [0.5, 0.6) is 0 Å². The Morgan fingerprint density at radius 1 is 0.750 bits per heavy atom. The van der Waals surface area contributed by atoms with E-state index in [0.717, 1.165) is 44.9 Å². The molecule has 4 heteroatoms. The van der Waals surface area contributed by atoms with E-state index in [0.29, 0.717) is 11.8 Å². The van der Waals surface area contributed by atoms with Gasteiger partial charge in [0.15, 0.2) is 0 Å². The van der Waals surface area contributed by atoms with E-state index < -0.39 is 0 Å². The maximum Gasteiger partial charge on any atom is 0.308 e. The average molecular weight is 282 g/mol. The van der Waals surface area contributed by atoms with Crippen molar-refractivity contribution in [2.45, 2.75) is 51.4 Å². The van der Waals surface area contributed by atoms with Crippen LogP contribution in [0.15, 0.2) is 0 Å². The third-order valence-electron chi connectivity index (χ3n) is 5.22. The van der Waals surface area contributed by atoms with Gasteiger partial charge in [0, 0.05) is 0 Å². The molecule has 4 nitrogen and oxygen atoms in total. The fourth-order valence-corrected chi connectivity index (χ4v) is 4.03. The van der Waals surface area contributed by atoms with Gasteiger partial charge in [0.25, 0.3) is 0 Å². The van der Waals surface area contributed by atoms with Crippen LogP contribution >= 0.6 is 0 Å². The smallest absolute Gasteiger partial charge is 0.308 e. The lowest BCUT2D eigenvalue weighted by Gasteiger charge is -2.37. The Hall–Kier alpha value is -1.06. The van der Waals surface area contributed by atoms with Gasteiger partial charge in [-0.25, -0.2) is 0 Å². The minimum absolute atomic E-state index is 0.0436. The Bertz CT molecular complexity index is 344. The van der Waals surface area contributed by atoms with E-state index in [2.05, 4.69) is 0 Å². The Morgan fingerprint density at radius 2 is 1.35 bits per heavy atom. The van der Waals surface area contributed by atoms with E-state index in [1.165, 1.54) is 20.6 Å². The molecule has 0 spiro atoms. The molecule has 2 atom stereocenters. The van der Waals surface area contributed by atoms with E-state index in [4.69, 9.17) is 9.47 Å². The zero-order valence-electron chi connectivity index (χ0n) is 12.6. The minimum Gasteiger partial charge on any atom is -0.469 e. The van der Waals surface area contributed by atoms with Crippen LogP contribution in [0.3, 0.4) is 0 Å². The van der Waals surface area contributed by atoms with E-state index in [1.807, 2.05) is 0 Å². The summed E-state index contributed by atoms with van der Waals surface area (Å²) in [6.45, 7) is 0. The van der Waals surface area contributed by atoms with Crippen LogP contribution in [0.25, 0.3) is 0 Å². The normalized spacial score (nSPS) is 34.3. The SMILES string of the molecule is COC(=O)C1CCC(C2CCCC(C(=O)OC)C2)CC1. The predicted molar refractivity (Wildman–Crippen MR) is 74.9 cm³/mol. The molecule has 0 radical (unpaired) electrons. The van der Waals surface area contributed by atoms with E-state index in [1.54, 1.807) is 0 Å². The van der Waals surface area contributed by atoms with Gasteiger partial charge in [0.1, 0.15) is 0 Å². The molecule has 2 rings (SSSR count). The van der Waals surface area contributed by atoms with Crippen LogP contribution in [0.1, 0.15) is 51.4 Å². The first-order valence-corrected chi connectivity index (χ1v) is 7.81. The maximum atomic E-state index is 11.7. The van der Waals surface area contributed by atoms with E-state index in [9.17, 15) is 9.59 Å². The molecule has 0 amide bonds. The summed E-state index contributed by atoms with van der Waals surface area (Å²) in [6.07, 6.45) is 8.37. The molecule has 2 fully saturated rings. The van der Waals surface area contributed by atoms with E-state index in [-0.39, 0.29) is 23.8 Å². The highest BCUT2D eigenvalue weighted by Gasteiger charge is 2.35. The van der Waals surface area contributed by atoms with Crippen molar-refractivity contribution < 1.29 is 19.1 Å². The summed E-state index contributed by atoms with van der Waals surface area (Å²) in [5.41, 5.74) is 0. The van der Waals surface area contributed by atoms with Gasteiger partial charge in [-0.1, -0.05) is 12.8 Å². The summed E-state index contributed by atoms with van der Waals surface area (Å²) in [5, 5.41) is 0. The molecule has 2 saturated carbocycles. The minimum atomic E-state index is -0.0560. The third kappa shape index (κ3) is 3.53. The second-order valence-corrected chi connectivity index (χ2v) is 6.28. The molecule has 20 heavy (non-hydrogen) atoms. The number of hydrogen-bond donors (Lipinski definition) is 0. The summed E-state index contributed by atoms with van der Waals surface area (Å²) < 4.78 is 9.72. The molecule has 2 aliphatic rings. The molecule has 0 bridgehead atoms. The summed E-state index contributed by atoms with van der Waals surface area (Å²) in [7, 11) is 2.95. The summed E-state index contributed by atoms with van der Waals surface area (Å²) in [4.78, 5) is 23.2. The fourth-order valence-electron chi connectivity index (χ4n) is 4.03. The van der Waals surface area contributed by atoms with Crippen molar-refractivity contribution in [1.29, 1.82) is 0 Å². The second kappa shape index (κ2) is 7.09. The molecule has 2 aliphatic carbocycles. The lowest BCUT2D eigenvalue weighted by Crippen LogP contribution is -2.31. The molecule has 0 aromatic carbocycles. The molecular weight excluding hydrogens is 256 g/mol. The monoisotopic (exact) mass is 282 g/mol. The lowest BCUT2D eigenvalue weighted by molar-refractivity contribution is -0.147. The molecule has 0 saturated heterocycles. The van der Waals surface area contributed by atoms with Crippen molar-refractivity contribution in [2.24, 2.45) is 23.7 Å². The first-order valence-electron chi connectivity index (χ1n) is 7.81. The Labute approximate surface area is 121 Å². The van der Waals surface area contributed by atoms with Gasteiger partial charge in [-0.05, 0) is 50.4 Å². The summed E-state index contributed by atoms with van der Waals surface area (Å²) in [6, 6.07) is 0. The number of carbonyl (C=O) groups is 2. The molecule has 0 heterocycles. The number of methoxy groups -OCH3 is 2. The fraction of sp³-hybridized carbons (Fsp3) is 0.875. The number of hydrogen-bond acceptors (Lipinski definition) is 4. The number of esters is 2. The topological polar surface area (TPSA) is 52.6 Å². The zero-order valence-corrected chi connectivity index (χ0v) is 12.6. The first kappa shape index (κ1) is 15.3. The van der Waals surface area contributed by atoms with Crippen LogP contribution < -0.4 is 0 Å². The standard InChI is InChI=1S/C16H26O4/c1-19-15(17)12-8-6-11(7-9-12)13-4-3-5-14(10-13)16(18)20-2/h11-14H,3-10H2,1-2H3. The number of carbonyl (C=O) groups excluding carboxylic acids is 2. The summed E-state index contributed by atoms with van der Waals surface area (Å²) in [5.74, 6) is 1.39. The highest BCUT2D eigenvalue weighted by Crippen LogP contribution is 2.42. The Kier molecular flexibility index (Phi) is 5.44. The van der Waals surface area contributed by atoms with Crippen LogP contribution in [0.2, 0.25) is 0 Å². The molecule has 0 N–H and O–H groups in total. The molecule has 0 aromatic heterocycles. The van der Waals surface area contributed by atoms with Crippen molar-refractivity contribution in [3.05, 3.63) is 0 Å². The number of rotatable bonds is 3. The second-order valence-electron chi connectivity index (χ2n) is 6.28. The molecule has 2 unspecified atom stereocenters. The van der Waals surface area contributed by atoms with Gasteiger partial charge in [-0.3, -0.25) is 9.59 Å². The van der Waals surface area contributed by atoms with Crippen molar-refractivity contribution in [3.8, 4) is 0 Å². The first-order chi connectivity index (χ1) is 9.65. The Morgan fingerprint density at radius 3 is 1.95 bits per heavy atom. The van der Waals surface area contributed by atoms with Crippen LogP contribution in [0.4, 0.5) is 0 Å². The van der Waals surface area contributed by atoms with Crippen molar-refractivity contribution in [1.82, 2.24) is 0 Å². The van der Waals surface area contributed by atoms with Gasteiger partial charge < -0.3 is 9.47 Å². The molecule has 0 aromatic rings. The summed E-state index contributed by atoms with van der Waals surface area (Å²) >= 11 is 0. The molecule has 114 valence electrons. The number of ether oxygens (including phenoxy) is 2. The van der Waals surface area contributed by atoms with Crippen LogP contribution in [-0.2, 0) is 19.1 Å². The Balaban J connectivity index is 1.84. The quantitative estimate of drug-likeness (QED) is 0.747. The average Bonchev–Trinajstić information content (AvgIpc) is 2.53. The lowest BCUT2D eigenvalue weighted by atomic mass is 9.68. The van der Waals surface area contributed by atoms with Gasteiger partial charge in [-0.2, -0.15) is 0 Å². The van der Waals surface area contributed by atoms with E-state index >= 15 is 0 Å². The van der Waals surface area contributed by atoms with Gasteiger partial charge in [0.05, 0.1) is 26.1 Å². The van der Waals surface area contributed by atoms with Gasteiger partial charge in [-0.15, -0.1) is 0 Å². The third-order valence-corrected chi connectivity index (χ3v) is 5.22. The highest BCUT2D eigenvalue weighted by atomic mass is 16.5. The highest BCUT2D eigenvalue weighted by molar-refractivity contribution is 5.72. The van der Waals surface area contributed by atoms with Crippen molar-refractivity contribution >= 4 is 11.9 Å².